The monoisotopic (exact) mass is 204 g/mol. The van der Waals surface area contributed by atoms with Gasteiger partial charge in [-0.2, -0.15) is 0 Å². The number of pyridine rings is 1. The number of hydrogen-bond acceptors (Lipinski definition) is 3. The van der Waals surface area contributed by atoms with E-state index in [1.54, 1.807) is 0 Å². The van der Waals surface area contributed by atoms with Gasteiger partial charge < -0.3 is 10.0 Å². The van der Waals surface area contributed by atoms with Crippen molar-refractivity contribution < 1.29 is 5.11 Å². The molecular formula is C12H16N2O. The lowest BCUT2D eigenvalue weighted by atomic mass is 10.0. The molecule has 3 heteroatoms. The highest BCUT2D eigenvalue weighted by Gasteiger charge is 2.27. The molecule has 3 nitrogen and oxygen atoms in total. The quantitative estimate of drug-likeness (QED) is 0.780. The summed E-state index contributed by atoms with van der Waals surface area (Å²) in [6, 6.07) is 4.34. The third-order valence-electron chi connectivity index (χ3n) is 3.45. The molecule has 1 fully saturated rings. The molecule has 0 unspecified atom stereocenters. The average molecular weight is 204 g/mol. The molecule has 1 N–H and O–H groups in total. The Balaban J connectivity index is 1.77. The van der Waals surface area contributed by atoms with E-state index in [2.05, 4.69) is 22.0 Å². The number of aliphatic hydroxyl groups excluding tert-OH is 1. The topological polar surface area (TPSA) is 36.4 Å². The van der Waals surface area contributed by atoms with Gasteiger partial charge in [0.25, 0.3) is 0 Å². The Morgan fingerprint density at radius 1 is 1.33 bits per heavy atom. The van der Waals surface area contributed by atoms with E-state index in [0.29, 0.717) is 12.5 Å². The predicted molar refractivity (Wildman–Crippen MR) is 59.1 cm³/mol. The van der Waals surface area contributed by atoms with Crippen LogP contribution in [0.5, 0.6) is 0 Å². The summed E-state index contributed by atoms with van der Waals surface area (Å²) in [7, 11) is 0. The maximum absolute atomic E-state index is 8.96. The molecule has 3 rings (SSSR count). The summed E-state index contributed by atoms with van der Waals surface area (Å²) < 4.78 is 0. The number of fused-ring (bicyclic) bond motifs is 1. The Labute approximate surface area is 89.7 Å². The van der Waals surface area contributed by atoms with Crippen molar-refractivity contribution in [1.82, 2.24) is 4.98 Å². The summed E-state index contributed by atoms with van der Waals surface area (Å²) in [5.41, 5.74) is 2.72. The van der Waals surface area contributed by atoms with Crippen molar-refractivity contribution in [2.45, 2.75) is 19.3 Å². The number of anilines is 1. The fourth-order valence-electron chi connectivity index (χ4n) is 2.46. The first kappa shape index (κ1) is 9.16. The average Bonchev–Trinajstić information content (AvgIpc) is 2.63. The van der Waals surface area contributed by atoms with Gasteiger partial charge in [-0.3, -0.25) is 0 Å². The minimum Gasteiger partial charge on any atom is -0.396 e. The smallest absolute Gasteiger partial charge is 0.128 e. The van der Waals surface area contributed by atoms with Crippen molar-refractivity contribution >= 4 is 5.82 Å². The molecule has 1 aliphatic heterocycles. The van der Waals surface area contributed by atoms with E-state index in [1.807, 2.05) is 0 Å². The van der Waals surface area contributed by atoms with Gasteiger partial charge in [-0.1, -0.05) is 6.07 Å². The van der Waals surface area contributed by atoms with Crippen LogP contribution in [0.1, 0.15) is 17.7 Å². The Bertz CT molecular complexity index is 372. The van der Waals surface area contributed by atoms with Crippen LogP contribution in [-0.2, 0) is 12.8 Å². The van der Waals surface area contributed by atoms with Gasteiger partial charge in [0, 0.05) is 31.3 Å². The van der Waals surface area contributed by atoms with Gasteiger partial charge in [-0.05, 0) is 30.9 Å². The lowest BCUT2D eigenvalue weighted by Gasteiger charge is -2.39. The van der Waals surface area contributed by atoms with Gasteiger partial charge in [0.15, 0.2) is 0 Å². The van der Waals surface area contributed by atoms with Gasteiger partial charge >= 0.3 is 0 Å². The van der Waals surface area contributed by atoms with Crippen molar-refractivity contribution in [2.75, 3.05) is 24.6 Å². The third kappa shape index (κ3) is 1.51. The number of nitrogens with zero attached hydrogens (tertiary/aromatic N) is 2. The van der Waals surface area contributed by atoms with Crippen molar-refractivity contribution in [3.63, 3.8) is 0 Å². The number of rotatable bonds is 2. The highest BCUT2D eigenvalue weighted by molar-refractivity contribution is 5.45. The van der Waals surface area contributed by atoms with E-state index in [0.717, 1.165) is 25.3 Å². The molecular weight excluding hydrogens is 188 g/mol. The molecule has 0 amide bonds. The Hall–Kier alpha value is -1.09. The van der Waals surface area contributed by atoms with Gasteiger partial charge in [-0.25, -0.2) is 4.98 Å². The van der Waals surface area contributed by atoms with E-state index >= 15 is 0 Å². The largest absolute Gasteiger partial charge is 0.396 e. The summed E-state index contributed by atoms with van der Waals surface area (Å²) in [6.45, 7) is 2.23. The van der Waals surface area contributed by atoms with Crippen LogP contribution in [0.25, 0.3) is 0 Å². The normalized spacial score (nSPS) is 20.2. The van der Waals surface area contributed by atoms with Gasteiger partial charge in [0.05, 0.1) is 0 Å². The molecule has 1 saturated heterocycles. The predicted octanol–water partition coefficient (Wildman–Crippen LogP) is 0.999. The fourth-order valence-corrected chi connectivity index (χ4v) is 2.46. The molecule has 1 aromatic rings. The van der Waals surface area contributed by atoms with Crippen LogP contribution >= 0.6 is 0 Å². The second-order valence-electron chi connectivity index (χ2n) is 4.58. The maximum atomic E-state index is 8.96. The molecule has 2 aliphatic rings. The van der Waals surface area contributed by atoms with Crippen molar-refractivity contribution in [3.8, 4) is 0 Å². The highest BCUT2D eigenvalue weighted by Crippen LogP contribution is 2.27. The second-order valence-corrected chi connectivity index (χ2v) is 4.58. The summed E-state index contributed by atoms with van der Waals surface area (Å²) in [5, 5.41) is 8.96. The number of hydrogen-bond donors (Lipinski definition) is 1. The van der Waals surface area contributed by atoms with E-state index in [-0.39, 0.29) is 0 Å². The molecule has 80 valence electrons. The first-order chi connectivity index (χ1) is 7.36. The van der Waals surface area contributed by atoms with Gasteiger partial charge in [-0.15, -0.1) is 0 Å². The minimum atomic E-state index is 0.307. The second kappa shape index (κ2) is 3.49. The maximum Gasteiger partial charge on any atom is 0.128 e. The molecule has 0 bridgehead atoms. The number of aromatic nitrogens is 1. The molecule has 0 aromatic carbocycles. The van der Waals surface area contributed by atoms with E-state index in [1.165, 1.54) is 24.1 Å². The first-order valence-electron chi connectivity index (χ1n) is 5.71. The summed E-state index contributed by atoms with van der Waals surface area (Å²) in [4.78, 5) is 6.94. The zero-order valence-electron chi connectivity index (χ0n) is 8.82. The summed E-state index contributed by atoms with van der Waals surface area (Å²) >= 11 is 0. The van der Waals surface area contributed by atoms with Crippen molar-refractivity contribution in [2.24, 2.45) is 5.92 Å². The lowest BCUT2D eigenvalue weighted by molar-refractivity contribution is 0.200. The van der Waals surface area contributed by atoms with Crippen molar-refractivity contribution in [1.29, 1.82) is 0 Å². The summed E-state index contributed by atoms with van der Waals surface area (Å²) in [5.74, 6) is 1.56. The Kier molecular flexibility index (Phi) is 2.13. The highest BCUT2D eigenvalue weighted by atomic mass is 16.3. The van der Waals surface area contributed by atoms with Crippen LogP contribution in [0, 0.1) is 5.92 Å². The van der Waals surface area contributed by atoms with Crippen LogP contribution < -0.4 is 4.90 Å². The minimum absolute atomic E-state index is 0.307. The standard InChI is InChI=1S/C12H16N2O/c15-8-9-6-14(7-9)12-5-4-10-2-1-3-11(10)13-12/h4-5,9,15H,1-3,6-8H2. The van der Waals surface area contributed by atoms with Crippen LogP contribution in [0.15, 0.2) is 12.1 Å². The molecule has 0 atom stereocenters. The van der Waals surface area contributed by atoms with Crippen LogP contribution in [-0.4, -0.2) is 29.8 Å². The SMILES string of the molecule is OCC1CN(c2ccc3c(n2)CCC3)C1. The Morgan fingerprint density at radius 3 is 3.00 bits per heavy atom. The number of aliphatic hydroxyl groups is 1. The first-order valence-corrected chi connectivity index (χ1v) is 5.71. The molecule has 1 aromatic heterocycles. The third-order valence-corrected chi connectivity index (χ3v) is 3.45. The molecule has 0 spiro atoms. The zero-order valence-corrected chi connectivity index (χ0v) is 8.82. The van der Waals surface area contributed by atoms with E-state index in [4.69, 9.17) is 5.11 Å². The lowest BCUT2D eigenvalue weighted by Crippen LogP contribution is -2.48. The van der Waals surface area contributed by atoms with Crippen molar-refractivity contribution in [3.05, 3.63) is 23.4 Å². The van der Waals surface area contributed by atoms with E-state index < -0.39 is 0 Å². The molecule has 0 radical (unpaired) electrons. The molecule has 15 heavy (non-hydrogen) atoms. The van der Waals surface area contributed by atoms with E-state index in [9.17, 15) is 0 Å². The molecule has 2 heterocycles. The number of aryl methyl sites for hydroxylation is 2. The zero-order chi connectivity index (χ0) is 10.3. The van der Waals surface area contributed by atoms with Gasteiger partial charge in [0.1, 0.15) is 5.82 Å². The molecule has 0 saturated carbocycles. The molecule has 1 aliphatic carbocycles. The fraction of sp³-hybridized carbons (Fsp3) is 0.583. The Morgan fingerprint density at radius 2 is 2.20 bits per heavy atom. The van der Waals surface area contributed by atoms with Gasteiger partial charge in [0.2, 0.25) is 0 Å². The van der Waals surface area contributed by atoms with Crippen LogP contribution in [0.2, 0.25) is 0 Å². The van der Waals surface area contributed by atoms with Crippen LogP contribution in [0.4, 0.5) is 5.82 Å². The van der Waals surface area contributed by atoms with Crippen LogP contribution in [0.3, 0.4) is 0 Å². The summed E-state index contributed by atoms with van der Waals surface area (Å²) in [6.07, 6.45) is 3.59.